The molecule has 2 aromatic rings. The first-order valence-corrected chi connectivity index (χ1v) is 9.16. The molecule has 2 atom stereocenters. The monoisotopic (exact) mass is 320 g/mol. The van der Waals surface area contributed by atoms with E-state index in [1.165, 1.54) is 0 Å². The van der Waals surface area contributed by atoms with Gasteiger partial charge >= 0.3 is 0 Å². The van der Waals surface area contributed by atoms with Gasteiger partial charge < -0.3 is 10.3 Å². The van der Waals surface area contributed by atoms with E-state index in [1.54, 1.807) is 35.9 Å². The van der Waals surface area contributed by atoms with Crippen LogP contribution < -0.4 is 5.32 Å². The number of H-pyrrole nitrogens is 1. The molecule has 2 aliphatic rings. The van der Waals surface area contributed by atoms with Gasteiger partial charge in [0.15, 0.2) is 0 Å². The van der Waals surface area contributed by atoms with Gasteiger partial charge in [0.05, 0.1) is 0 Å². The zero-order valence-electron chi connectivity index (χ0n) is 12.5. The van der Waals surface area contributed by atoms with Crippen LogP contribution in [0.4, 0.5) is 0 Å². The molecule has 4 heterocycles. The van der Waals surface area contributed by atoms with Gasteiger partial charge in [0.25, 0.3) is 0 Å². The zero-order valence-corrected chi connectivity index (χ0v) is 13.3. The largest absolute Gasteiger partial charge is 0.345 e. The summed E-state index contributed by atoms with van der Waals surface area (Å²) in [6.45, 7) is 0. The molecule has 2 unspecified atom stereocenters. The highest BCUT2D eigenvalue weighted by Gasteiger charge is 2.39. The minimum atomic E-state index is -3.51. The molecule has 2 saturated heterocycles. The van der Waals surface area contributed by atoms with E-state index in [0.717, 1.165) is 25.7 Å². The number of rotatable bonds is 3. The van der Waals surface area contributed by atoms with Gasteiger partial charge in [-0.25, -0.2) is 13.4 Å². The van der Waals surface area contributed by atoms with Crippen molar-refractivity contribution in [1.82, 2.24) is 19.6 Å². The number of aromatic amines is 1. The van der Waals surface area contributed by atoms with Crippen LogP contribution in [-0.4, -0.2) is 47.9 Å². The summed E-state index contributed by atoms with van der Waals surface area (Å²) in [6, 6.07) is 4.56. The highest BCUT2D eigenvalue weighted by Crippen LogP contribution is 2.33. The topological polar surface area (TPSA) is 78.1 Å². The average Bonchev–Trinajstić information content (AvgIpc) is 3.10. The summed E-state index contributed by atoms with van der Waals surface area (Å²) >= 11 is 0. The van der Waals surface area contributed by atoms with Gasteiger partial charge in [-0.2, -0.15) is 4.31 Å². The number of hydrogen-bond acceptors (Lipinski definition) is 4. The Balaban J connectivity index is 1.68. The fraction of sp³-hybridized carbons (Fsp3) is 0.533. The fourth-order valence-corrected chi connectivity index (χ4v) is 5.35. The first-order valence-electron chi connectivity index (χ1n) is 7.72. The van der Waals surface area contributed by atoms with Crippen molar-refractivity contribution in [3.05, 3.63) is 24.5 Å². The third-order valence-corrected chi connectivity index (χ3v) is 6.98. The first-order chi connectivity index (χ1) is 10.6. The molecule has 0 amide bonds. The molecule has 2 fully saturated rings. The van der Waals surface area contributed by atoms with Crippen molar-refractivity contribution in [2.45, 2.75) is 48.7 Å². The minimum absolute atomic E-state index is 0.0744. The summed E-state index contributed by atoms with van der Waals surface area (Å²) in [5.41, 5.74) is 0.611. The molecular weight excluding hydrogens is 300 g/mol. The van der Waals surface area contributed by atoms with Gasteiger partial charge in [-0.1, -0.05) is 0 Å². The van der Waals surface area contributed by atoms with E-state index in [4.69, 9.17) is 0 Å². The van der Waals surface area contributed by atoms with E-state index in [9.17, 15) is 8.42 Å². The third kappa shape index (κ3) is 2.15. The number of pyridine rings is 1. The van der Waals surface area contributed by atoms with Gasteiger partial charge in [0.1, 0.15) is 10.5 Å². The Bertz CT molecular complexity index is 789. The summed E-state index contributed by atoms with van der Waals surface area (Å²) in [5.74, 6) is 0. The number of nitrogens with one attached hydrogen (secondary N) is 2. The van der Waals surface area contributed by atoms with Crippen LogP contribution in [-0.2, 0) is 10.0 Å². The number of nitrogens with zero attached hydrogens (tertiary/aromatic N) is 2. The van der Waals surface area contributed by atoms with Gasteiger partial charge in [0, 0.05) is 43.0 Å². The maximum Gasteiger partial charge on any atom is 0.245 e. The Morgan fingerprint density at radius 1 is 1.27 bits per heavy atom. The SMILES string of the molecule is CN(C1CC2CCC(C1)N2)S(=O)(=O)c1c[nH]c2ncccc12. The number of fused-ring (bicyclic) bond motifs is 3. The second-order valence-electron chi connectivity index (χ2n) is 6.34. The van der Waals surface area contributed by atoms with Crippen molar-refractivity contribution in [2.75, 3.05) is 7.05 Å². The van der Waals surface area contributed by atoms with Crippen molar-refractivity contribution in [3.63, 3.8) is 0 Å². The molecule has 22 heavy (non-hydrogen) atoms. The van der Waals surface area contributed by atoms with Crippen LogP contribution in [0.2, 0.25) is 0 Å². The molecule has 0 aromatic carbocycles. The molecule has 0 radical (unpaired) electrons. The molecule has 4 rings (SSSR count). The minimum Gasteiger partial charge on any atom is -0.345 e. The molecule has 0 spiro atoms. The van der Waals surface area contributed by atoms with Gasteiger partial charge in [-0.15, -0.1) is 0 Å². The third-order valence-electron chi connectivity index (χ3n) is 5.03. The van der Waals surface area contributed by atoms with Crippen molar-refractivity contribution >= 4 is 21.1 Å². The van der Waals surface area contributed by atoms with Gasteiger partial charge in [0.2, 0.25) is 10.0 Å². The second-order valence-corrected chi connectivity index (χ2v) is 8.30. The number of aromatic nitrogens is 2. The zero-order chi connectivity index (χ0) is 15.3. The molecule has 2 N–H and O–H groups in total. The van der Waals surface area contributed by atoms with Crippen molar-refractivity contribution < 1.29 is 8.42 Å². The second kappa shape index (κ2) is 5.04. The van der Waals surface area contributed by atoms with Crippen LogP contribution in [0.25, 0.3) is 11.0 Å². The summed E-state index contributed by atoms with van der Waals surface area (Å²) in [6.07, 6.45) is 7.32. The van der Waals surface area contributed by atoms with Crippen molar-refractivity contribution in [2.24, 2.45) is 0 Å². The predicted octanol–water partition coefficient (Wildman–Crippen LogP) is 1.47. The lowest BCUT2D eigenvalue weighted by molar-refractivity contribution is 0.251. The molecule has 2 bridgehead atoms. The van der Waals surface area contributed by atoms with Crippen LogP contribution in [0.5, 0.6) is 0 Å². The lowest BCUT2D eigenvalue weighted by atomic mass is 10.0. The average molecular weight is 320 g/mol. The van der Waals surface area contributed by atoms with Crippen molar-refractivity contribution in [3.8, 4) is 0 Å². The Morgan fingerprint density at radius 3 is 2.73 bits per heavy atom. The van der Waals surface area contributed by atoms with Crippen molar-refractivity contribution in [1.29, 1.82) is 0 Å². The normalized spacial score (nSPS) is 28.5. The van der Waals surface area contributed by atoms with E-state index in [1.807, 2.05) is 0 Å². The molecule has 0 saturated carbocycles. The summed E-state index contributed by atoms with van der Waals surface area (Å²) in [5, 5.41) is 4.21. The molecule has 2 aromatic heterocycles. The Kier molecular flexibility index (Phi) is 3.25. The van der Waals surface area contributed by atoms with Crippen LogP contribution in [0.3, 0.4) is 0 Å². The maximum atomic E-state index is 13.0. The standard InChI is InChI=1S/C15H20N4O2S/c1-19(12-7-10-4-5-11(8-12)18-10)22(20,21)14-9-17-15-13(14)3-2-6-16-15/h2-3,6,9-12,18H,4-5,7-8H2,1H3,(H,16,17). The molecule has 2 aliphatic heterocycles. The van der Waals surface area contributed by atoms with E-state index >= 15 is 0 Å². The lowest BCUT2D eigenvalue weighted by Gasteiger charge is -2.34. The Hall–Kier alpha value is -1.44. The van der Waals surface area contributed by atoms with E-state index in [0.29, 0.717) is 28.0 Å². The Morgan fingerprint density at radius 2 is 2.00 bits per heavy atom. The highest BCUT2D eigenvalue weighted by molar-refractivity contribution is 7.89. The van der Waals surface area contributed by atoms with E-state index < -0.39 is 10.0 Å². The predicted molar refractivity (Wildman–Crippen MR) is 84.0 cm³/mol. The Labute approximate surface area is 130 Å². The lowest BCUT2D eigenvalue weighted by Crippen LogP contribution is -2.48. The van der Waals surface area contributed by atoms with E-state index in [2.05, 4.69) is 15.3 Å². The number of piperidine rings is 1. The van der Waals surface area contributed by atoms with Crippen LogP contribution in [0, 0.1) is 0 Å². The van der Waals surface area contributed by atoms with Gasteiger partial charge in [-0.3, -0.25) is 0 Å². The number of sulfonamides is 1. The summed E-state index contributed by atoms with van der Waals surface area (Å²) in [4.78, 5) is 7.45. The maximum absolute atomic E-state index is 13.0. The molecule has 118 valence electrons. The smallest absolute Gasteiger partial charge is 0.245 e. The summed E-state index contributed by atoms with van der Waals surface area (Å²) in [7, 11) is -1.80. The molecular formula is C15H20N4O2S. The van der Waals surface area contributed by atoms with E-state index in [-0.39, 0.29) is 6.04 Å². The number of hydrogen-bond donors (Lipinski definition) is 2. The molecule has 0 aliphatic carbocycles. The fourth-order valence-electron chi connectivity index (χ4n) is 3.82. The summed E-state index contributed by atoms with van der Waals surface area (Å²) < 4.78 is 27.6. The van der Waals surface area contributed by atoms with Crippen LogP contribution in [0.1, 0.15) is 25.7 Å². The molecule has 7 heteroatoms. The van der Waals surface area contributed by atoms with Crippen LogP contribution in [0.15, 0.2) is 29.4 Å². The first kappa shape index (κ1) is 14.2. The van der Waals surface area contributed by atoms with Crippen LogP contribution >= 0.6 is 0 Å². The van der Waals surface area contributed by atoms with Gasteiger partial charge in [-0.05, 0) is 37.8 Å². The quantitative estimate of drug-likeness (QED) is 0.897. The molecule has 6 nitrogen and oxygen atoms in total. The highest BCUT2D eigenvalue weighted by atomic mass is 32.2.